The maximum atomic E-state index is 13.7. The van der Waals surface area contributed by atoms with Crippen molar-refractivity contribution in [3.8, 4) is 0 Å². The number of carbonyl (C=O) groups excluding carboxylic acids is 1. The molecule has 24 heavy (non-hydrogen) atoms. The summed E-state index contributed by atoms with van der Waals surface area (Å²) in [7, 11) is 1.86. The van der Waals surface area contributed by atoms with Gasteiger partial charge in [-0.1, -0.05) is 6.07 Å². The molecule has 0 aliphatic carbocycles. The summed E-state index contributed by atoms with van der Waals surface area (Å²) in [5.41, 5.74) is 0.833. The van der Waals surface area contributed by atoms with Gasteiger partial charge in [0.1, 0.15) is 17.3 Å². The number of carbonyl (C=O) groups is 1. The van der Waals surface area contributed by atoms with Crippen molar-refractivity contribution >= 4 is 5.91 Å². The summed E-state index contributed by atoms with van der Waals surface area (Å²) in [6, 6.07) is 7.65. The van der Waals surface area contributed by atoms with Crippen LogP contribution in [0, 0.1) is 17.6 Å². The first-order valence-corrected chi connectivity index (χ1v) is 8.39. The third-order valence-corrected chi connectivity index (χ3v) is 4.83. The van der Waals surface area contributed by atoms with E-state index in [4.69, 9.17) is 0 Å². The molecule has 1 amide bonds. The normalized spacial score (nSPS) is 18.0. The van der Waals surface area contributed by atoms with Crippen LogP contribution in [0.5, 0.6) is 0 Å². The highest BCUT2D eigenvalue weighted by Crippen LogP contribution is 2.24. The first kappa shape index (κ1) is 16.7. The number of aromatic nitrogens is 1. The number of halogens is 2. The lowest BCUT2D eigenvalue weighted by Crippen LogP contribution is -2.40. The van der Waals surface area contributed by atoms with E-state index in [0.29, 0.717) is 25.1 Å². The monoisotopic (exact) mass is 332 g/mol. The van der Waals surface area contributed by atoms with Gasteiger partial charge in [-0.25, -0.2) is 8.78 Å². The number of hydrogen-bond acceptors (Lipinski definition) is 1. The van der Waals surface area contributed by atoms with Gasteiger partial charge in [0.2, 0.25) is 0 Å². The molecule has 1 atom stereocenters. The molecule has 1 aromatic carbocycles. The number of likely N-dealkylation sites (tertiary alicyclic amines) is 1. The summed E-state index contributed by atoms with van der Waals surface area (Å²) in [6.45, 7) is 1.40. The van der Waals surface area contributed by atoms with Gasteiger partial charge in [0, 0.05) is 31.9 Å². The van der Waals surface area contributed by atoms with E-state index in [1.165, 1.54) is 18.2 Å². The van der Waals surface area contributed by atoms with Crippen molar-refractivity contribution in [1.82, 2.24) is 9.47 Å². The number of amides is 1. The Morgan fingerprint density at radius 3 is 2.62 bits per heavy atom. The fourth-order valence-electron chi connectivity index (χ4n) is 3.45. The Hall–Kier alpha value is -2.17. The Labute approximate surface area is 140 Å². The minimum atomic E-state index is -0.484. The zero-order valence-corrected chi connectivity index (χ0v) is 13.8. The van der Waals surface area contributed by atoms with Crippen LogP contribution in [0.3, 0.4) is 0 Å². The number of benzene rings is 1. The number of rotatable bonds is 4. The minimum Gasteiger partial charge on any atom is -0.347 e. The van der Waals surface area contributed by atoms with Gasteiger partial charge >= 0.3 is 0 Å². The molecule has 0 N–H and O–H groups in total. The second-order valence-electron chi connectivity index (χ2n) is 6.50. The van der Waals surface area contributed by atoms with Crippen LogP contribution in [0.25, 0.3) is 0 Å². The van der Waals surface area contributed by atoms with Gasteiger partial charge in [-0.15, -0.1) is 0 Å². The predicted octanol–water partition coefficient (Wildman–Crippen LogP) is 3.79. The predicted molar refractivity (Wildman–Crippen MR) is 88.7 cm³/mol. The van der Waals surface area contributed by atoms with Crippen LogP contribution in [0.4, 0.5) is 8.78 Å². The smallest absolute Gasteiger partial charge is 0.270 e. The first-order valence-electron chi connectivity index (χ1n) is 8.39. The molecular weight excluding hydrogens is 310 g/mol. The number of aryl methyl sites for hydroxylation is 1. The number of piperidine rings is 1. The molecule has 128 valence electrons. The molecule has 1 aliphatic heterocycles. The lowest BCUT2D eigenvalue weighted by molar-refractivity contribution is 0.0658. The Morgan fingerprint density at radius 1 is 1.21 bits per heavy atom. The topological polar surface area (TPSA) is 25.2 Å². The largest absolute Gasteiger partial charge is 0.347 e. The fraction of sp³-hybridized carbons (Fsp3) is 0.421. The average Bonchev–Trinajstić information content (AvgIpc) is 3.00. The molecule has 0 bridgehead atoms. The third-order valence-electron chi connectivity index (χ3n) is 4.83. The van der Waals surface area contributed by atoms with Crippen molar-refractivity contribution in [1.29, 1.82) is 0 Å². The van der Waals surface area contributed by atoms with Crippen LogP contribution >= 0.6 is 0 Å². The third kappa shape index (κ3) is 3.50. The molecule has 0 saturated carbocycles. The minimum absolute atomic E-state index is 0.0317. The van der Waals surface area contributed by atoms with Crippen LogP contribution in [0.1, 0.15) is 35.3 Å². The molecule has 2 heterocycles. The van der Waals surface area contributed by atoms with Crippen molar-refractivity contribution in [2.45, 2.75) is 25.7 Å². The second kappa shape index (κ2) is 7.16. The van der Waals surface area contributed by atoms with E-state index in [0.717, 1.165) is 19.4 Å². The van der Waals surface area contributed by atoms with Crippen LogP contribution in [-0.4, -0.2) is 28.5 Å². The highest BCUT2D eigenvalue weighted by Gasteiger charge is 2.25. The highest BCUT2D eigenvalue weighted by molar-refractivity contribution is 5.92. The number of nitrogens with zero attached hydrogens (tertiary/aromatic N) is 2. The van der Waals surface area contributed by atoms with Crippen molar-refractivity contribution in [2.75, 3.05) is 13.1 Å². The van der Waals surface area contributed by atoms with Gasteiger partial charge in [-0.05, 0) is 55.9 Å². The summed E-state index contributed by atoms with van der Waals surface area (Å²) in [4.78, 5) is 14.5. The number of hydrogen-bond donors (Lipinski definition) is 0. The molecule has 1 saturated heterocycles. The van der Waals surface area contributed by atoms with Gasteiger partial charge in [-0.2, -0.15) is 0 Å². The van der Waals surface area contributed by atoms with Crippen molar-refractivity contribution in [2.24, 2.45) is 13.0 Å². The van der Waals surface area contributed by atoms with Gasteiger partial charge < -0.3 is 9.47 Å². The van der Waals surface area contributed by atoms with Gasteiger partial charge in [-0.3, -0.25) is 4.79 Å². The molecular formula is C19H22F2N2O. The van der Waals surface area contributed by atoms with E-state index < -0.39 is 11.6 Å². The van der Waals surface area contributed by atoms with Crippen LogP contribution in [0.2, 0.25) is 0 Å². The summed E-state index contributed by atoms with van der Waals surface area (Å²) >= 11 is 0. The standard InChI is InChI=1S/C19H22F2N2O/c1-22-11-4-8-18(22)19(24)23-12-3-5-14(13-23)9-10-15-16(20)6-2-7-17(15)21/h2,4,6-8,11,14H,3,5,9-10,12-13H2,1H3. The second-order valence-corrected chi connectivity index (χ2v) is 6.50. The molecule has 3 nitrogen and oxygen atoms in total. The van der Waals surface area contributed by atoms with Crippen molar-refractivity contribution in [3.05, 3.63) is 59.4 Å². The van der Waals surface area contributed by atoms with E-state index in [2.05, 4.69) is 0 Å². The van der Waals surface area contributed by atoms with Crippen molar-refractivity contribution in [3.63, 3.8) is 0 Å². The van der Waals surface area contributed by atoms with Gasteiger partial charge in [0.25, 0.3) is 5.91 Å². The molecule has 5 heteroatoms. The lowest BCUT2D eigenvalue weighted by Gasteiger charge is -2.33. The SMILES string of the molecule is Cn1cccc1C(=O)N1CCCC(CCc2c(F)cccc2F)C1. The van der Waals surface area contributed by atoms with Gasteiger partial charge in [0.15, 0.2) is 0 Å². The van der Waals surface area contributed by atoms with Crippen LogP contribution in [-0.2, 0) is 13.5 Å². The van der Waals surface area contributed by atoms with Crippen LogP contribution < -0.4 is 0 Å². The maximum Gasteiger partial charge on any atom is 0.270 e. The highest BCUT2D eigenvalue weighted by atomic mass is 19.1. The Bertz CT molecular complexity index is 706. The quantitative estimate of drug-likeness (QED) is 0.836. The van der Waals surface area contributed by atoms with Gasteiger partial charge in [0.05, 0.1) is 0 Å². The summed E-state index contributed by atoms with van der Waals surface area (Å²) in [5.74, 6) is -0.656. The Balaban J connectivity index is 1.62. The first-order chi connectivity index (χ1) is 11.6. The maximum absolute atomic E-state index is 13.7. The van der Waals surface area contributed by atoms with E-state index in [-0.39, 0.29) is 17.4 Å². The van der Waals surface area contributed by atoms with Crippen molar-refractivity contribution < 1.29 is 13.6 Å². The van der Waals surface area contributed by atoms with E-state index in [9.17, 15) is 13.6 Å². The zero-order chi connectivity index (χ0) is 17.1. The summed E-state index contributed by atoms with van der Waals surface area (Å²) in [6.07, 6.45) is 4.84. The molecule has 3 rings (SSSR count). The molecule has 1 aromatic heterocycles. The molecule has 1 fully saturated rings. The molecule has 1 aliphatic rings. The Morgan fingerprint density at radius 2 is 1.96 bits per heavy atom. The zero-order valence-electron chi connectivity index (χ0n) is 13.8. The molecule has 0 radical (unpaired) electrons. The fourth-order valence-corrected chi connectivity index (χ4v) is 3.45. The van der Waals surface area contributed by atoms with E-state index >= 15 is 0 Å². The van der Waals surface area contributed by atoms with E-state index in [1.807, 2.05) is 34.8 Å². The summed E-state index contributed by atoms with van der Waals surface area (Å²) in [5, 5.41) is 0. The molecule has 2 aromatic rings. The van der Waals surface area contributed by atoms with E-state index in [1.54, 1.807) is 0 Å². The van der Waals surface area contributed by atoms with Crippen LogP contribution in [0.15, 0.2) is 36.5 Å². The lowest BCUT2D eigenvalue weighted by atomic mass is 9.91. The Kier molecular flexibility index (Phi) is 4.97. The molecule has 0 spiro atoms. The average molecular weight is 332 g/mol. The summed E-state index contributed by atoms with van der Waals surface area (Å²) < 4.78 is 29.3. The molecule has 1 unspecified atom stereocenters.